The van der Waals surface area contributed by atoms with E-state index >= 15 is 0 Å². The van der Waals surface area contributed by atoms with Gasteiger partial charge in [0.25, 0.3) is 0 Å². The first-order valence-electron chi connectivity index (χ1n) is 7.55. The summed E-state index contributed by atoms with van der Waals surface area (Å²) >= 11 is 1.20. The highest BCUT2D eigenvalue weighted by molar-refractivity contribution is 7.99. The van der Waals surface area contributed by atoms with Gasteiger partial charge in [-0.15, -0.1) is 5.10 Å². The largest absolute Gasteiger partial charge is 0.326 e. The Morgan fingerprint density at radius 2 is 1.68 bits per heavy atom. The third kappa shape index (κ3) is 4.74. The number of tetrazole rings is 1. The third-order valence-electron chi connectivity index (χ3n) is 3.22. The van der Waals surface area contributed by atoms with E-state index in [1.54, 1.807) is 16.8 Å². The molecule has 1 heterocycles. The normalized spacial score (nSPS) is 10.4. The van der Waals surface area contributed by atoms with E-state index in [4.69, 9.17) is 0 Å². The van der Waals surface area contributed by atoms with E-state index in [9.17, 15) is 9.59 Å². The average molecular weight is 353 g/mol. The van der Waals surface area contributed by atoms with Gasteiger partial charge in [0.2, 0.25) is 11.1 Å². The van der Waals surface area contributed by atoms with Crippen molar-refractivity contribution in [2.75, 3.05) is 11.1 Å². The van der Waals surface area contributed by atoms with Gasteiger partial charge in [-0.2, -0.15) is 4.68 Å². The highest BCUT2D eigenvalue weighted by atomic mass is 32.2. The smallest absolute Gasteiger partial charge is 0.231 e. The lowest BCUT2D eigenvalue weighted by molar-refractivity contribution is -0.123. The number of Topliss-reactive ketones (excluding diaryl/α,β-unsaturated/α-hetero) is 1. The van der Waals surface area contributed by atoms with Crippen molar-refractivity contribution in [1.82, 2.24) is 20.2 Å². The molecule has 0 saturated carbocycles. The van der Waals surface area contributed by atoms with Crippen molar-refractivity contribution in [3.63, 3.8) is 0 Å². The monoisotopic (exact) mass is 353 g/mol. The number of rotatable bonds is 7. The number of amides is 1. The lowest BCUT2D eigenvalue weighted by Crippen LogP contribution is -2.17. The number of ketones is 1. The van der Waals surface area contributed by atoms with E-state index in [-0.39, 0.29) is 23.9 Å². The van der Waals surface area contributed by atoms with Gasteiger partial charge in [-0.25, -0.2) is 0 Å². The van der Waals surface area contributed by atoms with Crippen molar-refractivity contribution in [3.05, 3.63) is 60.7 Å². The van der Waals surface area contributed by atoms with Gasteiger partial charge in [0.05, 0.1) is 17.9 Å². The van der Waals surface area contributed by atoms with E-state index in [1.807, 2.05) is 48.5 Å². The first kappa shape index (κ1) is 16.8. The Balaban J connectivity index is 1.53. The van der Waals surface area contributed by atoms with Gasteiger partial charge in [-0.05, 0) is 34.7 Å². The van der Waals surface area contributed by atoms with E-state index in [2.05, 4.69) is 20.8 Å². The molecule has 0 aliphatic carbocycles. The number of carbonyl (C=O) groups is 2. The fourth-order valence-electron chi connectivity index (χ4n) is 2.10. The molecule has 25 heavy (non-hydrogen) atoms. The number of aromatic nitrogens is 4. The second-order valence-electron chi connectivity index (χ2n) is 5.13. The second-order valence-corrected chi connectivity index (χ2v) is 6.07. The van der Waals surface area contributed by atoms with Gasteiger partial charge in [0, 0.05) is 5.69 Å². The predicted molar refractivity (Wildman–Crippen MR) is 94.6 cm³/mol. The molecule has 7 nitrogen and oxygen atoms in total. The molecule has 0 atom stereocenters. The Labute approximate surface area is 148 Å². The Morgan fingerprint density at radius 1 is 1.00 bits per heavy atom. The van der Waals surface area contributed by atoms with Crippen LogP contribution >= 0.6 is 11.8 Å². The molecule has 0 aliphatic heterocycles. The quantitative estimate of drug-likeness (QED) is 0.518. The summed E-state index contributed by atoms with van der Waals surface area (Å²) in [4.78, 5) is 23.9. The van der Waals surface area contributed by atoms with Crippen LogP contribution in [0.15, 0.2) is 65.8 Å². The first-order valence-corrected chi connectivity index (χ1v) is 8.54. The second kappa shape index (κ2) is 8.20. The summed E-state index contributed by atoms with van der Waals surface area (Å²) in [5, 5.41) is 14.7. The van der Waals surface area contributed by atoms with Gasteiger partial charge in [-0.1, -0.05) is 48.2 Å². The Kier molecular flexibility index (Phi) is 5.53. The lowest BCUT2D eigenvalue weighted by atomic mass is 10.2. The molecule has 0 unspecified atom stereocenters. The minimum Gasteiger partial charge on any atom is -0.326 e. The molecule has 0 saturated heterocycles. The number of nitrogens with one attached hydrogen (secondary N) is 1. The van der Waals surface area contributed by atoms with Crippen LogP contribution in [0.1, 0.15) is 6.42 Å². The number of benzene rings is 2. The molecule has 2 aromatic carbocycles. The predicted octanol–water partition coefficient (Wildman–Crippen LogP) is 2.35. The molecule has 0 bridgehead atoms. The van der Waals surface area contributed by atoms with Crippen molar-refractivity contribution in [2.24, 2.45) is 0 Å². The van der Waals surface area contributed by atoms with Gasteiger partial charge >= 0.3 is 0 Å². The SMILES string of the molecule is O=C(CSc1nnnn1-c1ccccc1)CC(=O)Nc1ccccc1. The molecular weight excluding hydrogens is 338 g/mol. The summed E-state index contributed by atoms with van der Waals surface area (Å²) in [5.41, 5.74) is 1.48. The minimum atomic E-state index is -0.334. The van der Waals surface area contributed by atoms with Crippen LogP contribution in [0.25, 0.3) is 5.69 Å². The van der Waals surface area contributed by atoms with Gasteiger partial charge < -0.3 is 5.32 Å². The summed E-state index contributed by atoms with van der Waals surface area (Å²) < 4.78 is 1.56. The van der Waals surface area contributed by atoms with E-state index < -0.39 is 0 Å². The van der Waals surface area contributed by atoms with Crippen LogP contribution in [-0.2, 0) is 9.59 Å². The number of thioether (sulfide) groups is 1. The molecule has 3 aromatic rings. The highest BCUT2D eigenvalue weighted by Crippen LogP contribution is 2.18. The Morgan fingerprint density at radius 3 is 2.40 bits per heavy atom. The maximum atomic E-state index is 12.0. The fraction of sp³-hybridized carbons (Fsp3) is 0.118. The molecule has 1 aromatic heterocycles. The fourth-order valence-corrected chi connectivity index (χ4v) is 2.85. The molecule has 0 aliphatic rings. The van der Waals surface area contributed by atoms with E-state index in [0.29, 0.717) is 10.8 Å². The number of para-hydroxylation sites is 2. The minimum absolute atomic E-state index is 0.120. The molecule has 126 valence electrons. The first-order chi connectivity index (χ1) is 12.2. The Hall–Kier alpha value is -3.00. The maximum Gasteiger partial charge on any atom is 0.231 e. The van der Waals surface area contributed by atoms with E-state index in [0.717, 1.165) is 5.69 Å². The molecule has 0 spiro atoms. The molecule has 8 heteroatoms. The summed E-state index contributed by atoms with van der Waals surface area (Å²) in [6, 6.07) is 18.4. The lowest BCUT2D eigenvalue weighted by Gasteiger charge is -2.05. The molecule has 0 radical (unpaired) electrons. The molecule has 0 fully saturated rings. The van der Waals surface area contributed by atoms with Crippen molar-refractivity contribution >= 4 is 29.1 Å². The Bertz CT molecular complexity index is 852. The van der Waals surface area contributed by atoms with Gasteiger partial charge in [0.15, 0.2) is 5.78 Å². The van der Waals surface area contributed by atoms with Crippen LogP contribution in [0.4, 0.5) is 5.69 Å². The molecule has 1 amide bonds. The molecular formula is C17H15N5O2S. The van der Waals surface area contributed by atoms with Crippen LogP contribution < -0.4 is 5.32 Å². The zero-order chi connectivity index (χ0) is 17.5. The van der Waals surface area contributed by atoms with Crippen molar-refractivity contribution in [3.8, 4) is 5.69 Å². The number of anilines is 1. The van der Waals surface area contributed by atoms with Crippen LogP contribution in [0, 0.1) is 0 Å². The van der Waals surface area contributed by atoms with Crippen molar-refractivity contribution in [1.29, 1.82) is 0 Å². The topological polar surface area (TPSA) is 89.8 Å². The number of carbonyl (C=O) groups excluding carboxylic acids is 2. The van der Waals surface area contributed by atoms with Gasteiger partial charge in [-0.3, -0.25) is 9.59 Å². The molecule has 1 N–H and O–H groups in total. The average Bonchev–Trinajstić information content (AvgIpc) is 3.10. The summed E-state index contributed by atoms with van der Waals surface area (Å²) in [6.45, 7) is 0. The van der Waals surface area contributed by atoms with Crippen molar-refractivity contribution < 1.29 is 9.59 Å². The number of hydrogen-bond acceptors (Lipinski definition) is 6. The summed E-state index contributed by atoms with van der Waals surface area (Å²) in [5.74, 6) is -0.407. The standard InChI is InChI=1S/C17H15N5O2S/c23-15(11-16(24)18-13-7-3-1-4-8-13)12-25-17-19-20-21-22(17)14-9-5-2-6-10-14/h1-10H,11-12H2,(H,18,24). The highest BCUT2D eigenvalue weighted by Gasteiger charge is 2.14. The van der Waals surface area contributed by atoms with Crippen molar-refractivity contribution in [2.45, 2.75) is 11.6 Å². The van der Waals surface area contributed by atoms with Gasteiger partial charge in [0.1, 0.15) is 0 Å². The van der Waals surface area contributed by atoms with E-state index in [1.165, 1.54) is 11.8 Å². The molecule has 3 rings (SSSR count). The van der Waals surface area contributed by atoms with Crippen LogP contribution in [-0.4, -0.2) is 37.7 Å². The summed E-state index contributed by atoms with van der Waals surface area (Å²) in [7, 11) is 0. The van der Waals surface area contributed by atoms with Crippen LogP contribution in [0.5, 0.6) is 0 Å². The zero-order valence-corrected chi connectivity index (χ0v) is 14.0. The number of hydrogen-bond donors (Lipinski definition) is 1. The third-order valence-corrected chi connectivity index (χ3v) is 4.20. The van der Waals surface area contributed by atoms with Crippen LogP contribution in [0.3, 0.4) is 0 Å². The number of nitrogens with zero attached hydrogens (tertiary/aromatic N) is 4. The van der Waals surface area contributed by atoms with Crippen LogP contribution in [0.2, 0.25) is 0 Å². The zero-order valence-electron chi connectivity index (χ0n) is 13.2. The maximum absolute atomic E-state index is 12.0. The summed E-state index contributed by atoms with van der Waals surface area (Å²) in [6.07, 6.45) is -0.186.